The van der Waals surface area contributed by atoms with E-state index in [1.54, 1.807) is 0 Å². The number of hydrogen-bond acceptors (Lipinski definition) is 4. The van der Waals surface area contributed by atoms with Gasteiger partial charge in [0.15, 0.2) is 0 Å². The first kappa shape index (κ1) is 21.4. The maximum absolute atomic E-state index is 13.4. The molecule has 0 radical (unpaired) electrons. The number of carbonyl (C=O) groups is 2. The standard InChI is InChI=1S/C18H14ClF4N3O2S/c1-9-5-10(18(21,22)23)6-15(24-9)26-14(8-29-17(26)28)16(27)25(2)11-3-4-13(20)12(19)7-11/h3-7,14H,8H2,1-2H3/t14-/m0/s1. The minimum absolute atomic E-state index is 0.0356. The normalized spacial score (nSPS) is 17.0. The highest BCUT2D eigenvalue weighted by Crippen LogP contribution is 2.36. The molecule has 1 fully saturated rings. The molecule has 5 nitrogen and oxygen atoms in total. The number of thioether (sulfide) groups is 1. The quantitative estimate of drug-likeness (QED) is 0.628. The van der Waals surface area contributed by atoms with Crippen LogP contribution in [0.4, 0.5) is 33.9 Å². The maximum atomic E-state index is 13.4. The Labute approximate surface area is 172 Å². The fraction of sp³-hybridized carbons (Fsp3) is 0.278. The van der Waals surface area contributed by atoms with Gasteiger partial charge in [0.05, 0.1) is 10.6 Å². The number of nitrogens with zero attached hydrogens (tertiary/aromatic N) is 3. The van der Waals surface area contributed by atoms with Crippen LogP contribution in [0.5, 0.6) is 0 Å². The Morgan fingerprint density at radius 3 is 2.62 bits per heavy atom. The number of alkyl halides is 3. The summed E-state index contributed by atoms with van der Waals surface area (Å²) in [7, 11) is 1.41. The number of pyridine rings is 1. The molecule has 0 aliphatic carbocycles. The van der Waals surface area contributed by atoms with E-state index in [9.17, 15) is 27.2 Å². The SMILES string of the molecule is Cc1cc(C(F)(F)F)cc(N2C(=O)SC[C@H]2C(=O)N(C)c2ccc(F)c(Cl)c2)n1. The van der Waals surface area contributed by atoms with E-state index < -0.39 is 34.7 Å². The molecule has 1 aliphatic heterocycles. The van der Waals surface area contributed by atoms with E-state index in [-0.39, 0.29) is 28.0 Å². The zero-order chi connectivity index (χ0) is 21.5. The summed E-state index contributed by atoms with van der Waals surface area (Å²) in [4.78, 5) is 31.5. The molecule has 1 aromatic carbocycles. The number of anilines is 2. The first-order valence-electron chi connectivity index (χ1n) is 8.23. The van der Waals surface area contributed by atoms with Crippen molar-refractivity contribution in [1.29, 1.82) is 0 Å². The van der Waals surface area contributed by atoms with E-state index in [1.165, 1.54) is 31.0 Å². The lowest BCUT2D eigenvalue weighted by atomic mass is 10.2. The third kappa shape index (κ3) is 4.32. The van der Waals surface area contributed by atoms with Crippen molar-refractivity contribution in [2.45, 2.75) is 19.1 Å². The highest BCUT2D eigenvalue weighted by atomic mass is 35.5. The van der Waals surface area contributed by atoms with Gasteiger partial charge >= 0.3 is 6.18 Å². The second-order valence-electron chi connectivity index (χ2n) is 6.31. The van der Waals surface area contributed by atoms with Crippen LogP contribution in [0.2, 0.25) is 5.02 Å². The fourth-order valence-corrected chi connectivity index (χ4v) is 3.97. The molecule has 1 saturated heterocycles. The predicted octanol–water partition coefficient (Wildman–Crippen LogP) is 4.91. The van der Waals surface area contributed by atoms with E-state index in [4.69, 9.17) is 11.6 Å². The summed E-state index contributed by atoms with van der Waals surface area (Å²) >= 11 is 6.56. The van der Waals surface area contributed by atoms with Gasteiger partial charge in [0.2, 0.25) is 0 Å². The molecule has 11 heteroatoms. The Hall–Kier alpha value is -2.33. The van der Waals surface area contributed by atoms with Gasteiger partial charge in [-0.2, -0.15) is 13.2 Å². The van der Waals surface area contributed by atoms with E-state index in [2.05, 4.69) is 4.98 Å². The molecule has 1 aliphatic rings. The van der Waals surface area contributed by atoms with Gasteiger partial charge in [0.25, 0.3) is 11.1 Å². The number of halogens is 5. The molecule has 29 heavy (non-hydrogen) atoms. The minimum atomic E-state index is -4.63. The molecule has 0 unspecified atom stereocenters. The van der Waals surface area contributed by atoms with Crippen LogP contribution in [-0.4, -0.2) is 35.0 Å². The molecular formula is C18H14ClF4N3O2S. The molecular weight excluding hydrogens is 434 g/mol. The summed E-state index contributed by atoms with van der Waals surface area (Å²) in [6.07, 6.45) is -4.63. The number of benzene rings is 1. The van der Waals surface area contributed by atoms with Crippen molar-refractivity contribution in [2.24, 2.45) is 0 Å². The lowest BCUT2D eigenvalue weighted by Crippen LogP contribution is -2.47. The van der Waals surface area contributed by atoms with Crippen LogP contribution >= 0.6 is 23.4 Å². The molecule has 0 spiro atoms. The van der Waals surface area contributed by atoms with E-state index in [0.29, 0.717) is 0 Å². The largest absolute Gasteiger partial charge is 0.416 e. The first-order chi connectivity index (χ1) is 13.5. The Morgan fingerprint density at radius 1 is 1.31 bits per heavy atom. The fourth-order valence-electron chi connectivity index (χ4n) is 2.84. The number of rotatable bonds is 3. The lowest BCUT2D eigenvalue weighted by molar-refractivity contribution is -0.137. The van der Waals surface area contributed by atoms with Crippen LogP contribution in [0.15, 0.2) is 30.3 Å². The summed E-state index contributed by atoms with van der Waals surface area (Å²) in [5.41, 5.74) is -0.627. The van der Waals surface area contributed by atoms with E-state index in [0.717, 1.165) is 34.9 Å². The summed E-state index contributed by atoms with van der Waals surface area (Å²) in [6, 6.07) is 4.20. The molecule has 0 bridgehead atoms. The average molecular weight is 448 g/mol. The molecule has 1 aromatic heterocycles. The van der Waals surface area contributed by atoms with Gasteiger partial charge in [-0.05, 0) is 37.3 Å². The van der Waals surface area contributed by atoms with Gasteiger partial charge in [-0.1, -0.05) is 23.4 Å². The predicted molar refractivity (Wildman–Crippen MR) is 103 cm³/mol. The van der Waals surface area contributed by atoms with Gasteiger partial charge in [0.1, 0.15) is 17.7 Å². The summed E-state index contributed by atoms with van der Waals surface area (Å²) in [6.45, 7) is 1.37. The lowest BCUT2D eigenvalue weighted by Gasteiger charge is -2.27. The van der Waals surface area contributed by atoms with Crippen LogP contribution in [0.25, 0.3) is 0 Å². The Kier molecular flexibility index (Phi) is 5.77. The zero-order valence-electron chi connectivity index (χ0n) is 15.1. The molecule has 3 rings (SSSR count). The number of hydrogen-bond donors (Lipinski definition) is 0. The highest BCUT2D eigenvalue weighted by molar-refractivity contribution is 8.14. The van der Waals surface area contributed by atoms with Crippen LogP contribution < -0.4 is 9.80 Å². The Bertz CT molecular complexity index is 986. The monoisotopic (exact) mass is 447 g/mol. The van der Waals surface area contributed by atoms with Crippen LogP contribution in [-0.2, 0) is 11.0 Å². The smallest absolute Gasteiger partial charge is 0.314 e. The maximum Gasteiger partial charge on any atom is 0.416 e. The molecule has 2 heterocycles. The van der Waals surface area contributed by atoms with Gasteiger partial charge in [0, 0.05) is 24.2 Å². The summed E-state index contributed by atoms with van der Waals surface area (Å²) < 4.78 is 52.8. The Balaban J connectivity index is 1.95. The number of carbonyl (C=O) groups excluding carboxylic acids is 2. The number of likely N-dealkylation sites (N-methyl/N-ethyl adjacent to an activating group) is 1. The molecule has 2 aromatic rings. The number of aryl methyl sites for hydroxylation is 1. The average Bonchev–Trinajstić information content (AvgIpc) is 3.03. The van der Waals surface area contributed by atoms with Crippen molar-refractivity contribution in [3.63, 3.8) is 0 Å². The van der Waals surface area contributed by atoms with Crippen LogP contribution in [0.3, 0.4) is 0 Å². The molecule has 154 valence electrons. The molecule has 1 atom stereocenters. The summed E-state index contributed by atoms with van der Waals surface area (Å²) in [5.74, 6) is -1.44. The molecule has 0 N–H and O–H groups in total. The van der Waals surface area contributed by atoms with E-state index >= 15 is 0 Å². The van der Waals surface area contributed by atoms with Crippen molar-refractivity contribution in [1.82, 2.24) is 4.98 Å². The van der Waals surface area contributed by atoms with Gasteiger partial charge in [-0.15, -0.1) is 0 Å². The van der Waals surface area contributed by atoms with Crippen molar-refractivity contribution >= 4 is 46.0 Å². The van der Waals surface area contributed by atoms with Crippen LogP contribution in [0, 0.1) is 12.7 Å². The first-order valence-corrected chi connectivity index (χ1v) is 9.60. The second-order valence-corrected chi connectivity index (χ2v) is 7.69. The topological polar surface area (TPSA) is 53.5 Å². The minimum Gasteiger partial charge on any atom is -0.314 e. The van der Waals surface area contributed by atoms with Gasteiger partial charge in [-0.3, -0.25) is 14.5 Å². The van der Waals surface area contributed by atoms with Gasteiger partial charge < -0.3 is 4.90 Å². The number of aromatic nitrogens is 1. The molecule has 0 saturated carbocycles. The van der Waals surface area contributed by atoms with Crippen molar-refractivity contribution < 1.29 is 27.2 Å². The van der Waals surface area contributed by atoms with Crippen molar-refractivity contribution in [3.8, 4) is 0 Å². The van der Waals surface area contributed by atoms with Gasteiger partial charge in [-0.25, -0.2) is 9.37 Å². The summed E-state index contributed by atoms with van der Waals surface area (Å²) in [5, 5.41) is -0.772. The van der Waals surface area contributed by atoms with Crippen molar-refractivity contribution in [3.05, 3.63) is 52.4 Å². The zero-order valence-corrected chi connectivity index (χ0v) is 16.7. The van der Waals surface area contributed by atoms with Crippen LogP contribution in [0.1, 0.15) is 11.3 Å². The highest BCUT2D eigenvalue weighted by Gasteiger charge is 2.41. The molecule has 2 amide bonds. The Morgan fingerprint density at radius 2 is 2.00 bits per heavy atom. The van der Waals surface area contributed by atoms with E-state index in [1.807, 2.05) is 0 Å². The van der Waals surface area contributed by atoms with Crippen molar-refractivity contribution in [2.75, 3.05) is 22.6 Å². The third-order valence-electron chi connectivity index (χ3n) is 4.29. The number of amides is 2. The second kappa shape index (κ2) is 7.83. The third-order valence-corrected chi connectivity index (χ3v) is 5.51.